The maximum absolute atomic E-state index is 14.5. The number of carbonyl (C=O) groups is 5. The van der Waals surface area contributed by atoms with E-state index in [0.29, 0.717) is 41.5 Å². The van der Waals surface area contributed by atoms with Gasteiger partial charge in [0.2, 0.25) is 17.7 Å². The molecule has 2 heterocycles. The van der Waals surface area contributed by atoms with Gasteiger partial charge in [-0.15, -0.1) is 11.3 Å². The molecule has 0 bridgehead atoms. The molecular formula is C57H75ClN8O8S. The van der Waals surface area contributed by atoms with Crippen LogP contribution in [0, 0.1) is 40.4 Å². The Morgan fingerprint density at radius 2 is 1.63 bits per heavy atom. The number of esters is 1. The van der Waals surface area contributed by atoms with E-state index in [1.807, 2.05) is 90.4 Å². The molecule has 2 fully saturated rings. The highest BCUT2D eigenvalue weighted by atomic mass is 35.5. The average molecular weight is 1070 g/mol. The number of nitrogens with two attached hydrogens (primary N) is 1. The molecule has 2 aliphatic rings. The zero-order chi connectivity index (χ0) is 55.0. The number of aryl methyl sites for hydroxylation is 1. The van der Waals surface area contributed by atoms with Crippen LogP contribution in [-0.4, -0.2) is 102 Å². The summed E-state index contributed by atoms with van der Waals surface area (Å²) < 4.78 is 17.9. The molecule has 404 valence electrons. The minimum atomic E-state index is -1.02. The third-order valence-corrected chi connectivity index (χ3v) is 15.7. The number of halogens is 1. The number of carbonyl (C=O) groups excluding carboxylic acids is 5. The van der Waals surface area contributed by atoms with Gasteiger partial charge in [-0.25, -0.2) is 4.98 Å². The number of anilines is 1. The molecule has 5 atom stereocenters. The summed E-state index contributed by atoms with van der Waals surface area (Å²) in [6.07, 6.45) is 1.44. The minimum Gasteiger partial charge on any atom is -0.489 e. The van der Waals surface area contributed by atoms with E-state index >= 15 is 0 Å². The predicted octanol–water partition coefficient (Wildman–Crippen LogP) is 8.76. The lowest BCUT2D eigenvalue weighted by Crippen LogP contribution is -2.74. The van der Waals surface area contributed by atoms with Crippen molar-refractivity contribution in [3.05, 3.63) is 99.6 Å². The lowest BCUT2D eigenvalue weighted by atomic mass is 9.49. The summed E-state index contributed by atoms with van der Waals surface area (Å²) in [7, 11) is 0. The van der Waals surface area contributed by atoms with Crippen LogP contribution in [0.3, 0.4) is 0 Å². The quantitative estimate of drug-likeness (QED) is 0.0368. The van der Waals surface area contributed by atoms with Gasteiger partial charge in [0.25, 0.3) is 5.91 Å². The summed E-state index contributed by atoms with van der Waals surface area (Å²) in [5.41, 5.74) is 11.0. The summed E-state index contributed by atoms with van der Waals surface area (Å²) in [4.78, 5) is 75.3. The zero-order valence-electron chi connectivity index (χ0n) is 45.2. The smallest absolute Gasteiger partial charge is 0.323 e. The van der Waals surface area contributed by atoms with Crippen LogP contribution in [0.2, 0.25) is 5.02 Å². The summed E-state index contributed by atoms with van der Waals surface area (Å²) >= 11 is 7.81. The Kier molecular flexibility index (Phi) is 19.2. The number of hydrogen-bond acceptors (Lipinski definition) is 13. The number of amides is 4. The lowest BCUT2D eigenvalue weighted by molar-refractivity contribution is -0.164. The first-order chi connectivity index (χ1) is 35.3. The molecule has 75 heavy (non-hydrogen) atoms. The maximum atomic E-state index is 14.5. The molecule has 6 N–H and O–H groups in total. The van der Waals surface area contributed by atoms with E-state index in [1.54, 1.807) is 41.7 Å². The topological polar surface area (TPSA) is 227 Å². The Labute approximate surface area is 451 Å². The number of rotatable bonds is 22. The molecule has 0 spiro atoms. The number of aromatic nitrogens is 1. The van der Waals surface area contributed by atoms with Crippen LogP contribution in [0.1, 0.15) is 128 Å². The lowest BCUT2D eigenvalue weighted by Gasteiger charge is -2.63. The number of hydrogen-bond donors (Lipinski definition) is 5. The molecule has 6 rings (SSSR count). The molecule has 16 nitrogen and oxygen atoms in total. The van der Waals surface area contributed by atoms with Crippen molar-refractivity contribution in [3.63, 3.8) is 0 Å². The summed E-state index contributed by atoms with van der Waals surface area (Å²) in [6, 6.07) is 18.9. The number of nitrogens with one attached hydrogen (secondary N) is 4. The number of benzene rings is 3. The first kappa shape index (κ1) is 58.2. The van der Waals surface area contributed by atoms with Crippen molar-refractivity contribution in [2.45, 2.75) is 144 Å². The van der Waals surface area contributed by atoms with Crippen molar-refractivity contribution in [3.8, 4) is 22.3 Å². The fourth-order valence-electron chi connectivity index (χ4n) is 10.3. The van der Waals surface area contributed by atoms with E-state index in [-0.39, 0.29) is 54.4 Å². The van der Waals surface area contributed by atoms with Gasteiger partial charge in [-0.1, -0.05) is 98.2 Å². The second-order valence-electron chi connectivity index (χ2n) is 22.5. The minimum absolute atomic E-state index is 0.0447. The number of unbranched alkanes of at least 4 members (excludes halogenated alkanes) is 2. The van der Waals surface area contributed by atoms with E-state index in [2.05, 4.69) is 60.0 Å². The van der Waals surface area contributed by atoms with Crippen LogP contribution >= 0.6 is 22.9 Å². The third-order valence-electron chi connectivity index (χ3n) is 14.4. The molecule has 1 aliphatic carbocycles. The van der Waals surface area contributed by atoms with Gasteiger partial charge in [0.15, 0.2) is 0 Å². The molecule has 1 unspecified atom stereocenters. The fraction of sp³-hybridized carbons (Fsp3) is 0.526. The van der Waals surface area contributed by atoms with Gasteiger partial charge < -0.3 is 46.1 Å². The number of thiazole rings is 1. The van der Waals surface area contributed by atoms with E-state index in [9.17, 15) is 29.2 Å². The zero-order valence-corrected chi connectivity index (χ0v) is 46.7. The second kappa shape index (κ2) is 24.7. The highest BCUT2D eigenvalue weighted by Crippen LogP contribution is 2.55. The monoisotopic (exact) mass is 1070 g/mol. The maximum Gasteiger partial charge on any atom is 0.323 e. The van der Waals surface area contributed by atoms with Crippen LogP contribution in [0.4, 0.5) is 5.69 Å². The SMILES string of the molecule is Cc1ncsc1-c1ccc([C@H](C)NC(=O)[C@@H]2C[C@@H](OC(=O)C(N)C(C)C)CN2C(=O)[C@@H](NC(=O)COCCCCCNc2ccc(C(=O)NC3C(C)(C)C(Oc4ccc(C#N)c(Cl)c4)C3(C)C)cc2)C(C)(C)C)cc1. The van der Waals surface area contributed by atoms with Crippen molar-refractivity contribution >= 4 is 58.2 Å². The van der Waals surface area contributed by atoms with Crippen molar-refractivity contribution in [1.29, 1.82) is 5.26 Å². The number of ether oxygens (including phenoxy) is 3. The van der Waals surface area contributed by atoms with E-state index in [1.165, 1.54) is 4.90 Å². The Morgan fingerprint density at radius 1 is 0.947 bits per heavy atom. The van der Waals surface area contributed by atoms with Crippen molar-refractivity contribution in [2.75, 3.05) is 31.6 Å². The Bertz CT molecular complexity index is 2680. The number of nitrogens with zero attached hydrogens (tertiary/aromatic N) is 3. The molecule has 0 radical (unpaired) electrons. The molecule has 4 amide bonds. The first-order valence-corrected chi connectivity index (χ1v) is 27.0. The molecule has 1 aliphatic heterocycles. The van der Waals surface area contributed by atoms with Crippen LogP contribution in [0.15, 0.2) is 72.2 Å². The highest BCUT2D eigenvalue weighted by Gasteiger charge is 2.64. The standard InChI is InChI=1S/C57H75ClN8O8S/c1-33(2)46(60)52(71)73-42-28-44(50(69)63-34(3)36-15-17-37(18-16-36)47-35(4)62-32-75-47)66(30-42)51(70)48(55(5,6)7)64-45(67)31-72-26-14-12-13-25-61-40-22-19-38(20-23-40)49(68)65-53-56(8,9)54(57(53,10)11)74-41-24-21-39(29-59)43(58)27-41/h15-24,27,32-34,42,44,46,48,53-54,61H,12-14,25-26,28,30-31,60H2,1-11H3,(H,63,69)(H,64,67)(H,65,68)/t34-,42+,44-,46?,48+,53?,54?/m0/s1. The van der Waals surface area contributed by atoms with E-state index in [0.717, 1.165) is 40.2 Å². The molecular weight excluding hydrogens is 992 g/mol. The molecule has 1 aromatic heterocycles. The largest absolute Gasteiger partial charge is 0.489 e. The second-order valence-corrected chi connectivity index (χ2v) is 23.7. The summed E-state index contributed by atoms with van der Waals surface area (Å²) in [5.74, 6) is -1.73. The fourth-order valence-corrected chi connectivity index (χ4v) is 11.3. The normalized spacial score (nSPS) is 19.9. The third kappa shape index (κ3) is 14.3. The van der Waals surface area contributed by atoms with Gasteiger partial charge >= 0.3 is 5.97 Å². The van der Waals surface area contributed by atoms with Crippen molar-refractivity contribution in [2.24, 2.45) is 27.9 Å². The summed E-state index contributed by atoms with van der Waals surface area (Å²) in [5, 5.41) is 22.1. The predicted molar refractivity (Wildman–Crippen MR) is 292 cm³/mol. The van der Waals surface area contributed by atoms with E-state index < -0.39 is 59.4 Å². The number of likely N-dealkylation sites (tertiary alicyclic amines) is 1. The number of nitriles is 1. The Hall–Kier alpha value is -6.06. The van der Waals surface area contributed by atoms with Crippen molar-refractivity contribution < 1.29 is 38.2 Å². The van der Waals surface area contributed by atoms with Crippen LogP contribution < -0.4 is 31.7 Å². The van der Waals surface area contributed by atoms with E-state index in [4.69, 9.17) is 31.5 Å². The Balaban J connectivity index is 0.943. The van der Waals surface area contributed by atoms with Crippen molar-refractivity contribution in [1.82, 2.24) is 25.8 Å². The van der Waals surface area contributed by atoms with Gasteiger partial charge in [-0.3, -0.25) is 24.0 Å². The Morgan fingerprint density at radius 3 is 2.23 bits per heavy atom. The van der Waals surface area contributed by atoms with Gasteiger partial charge in [0.1, 0.15) is 48.8 Å². The molecule has 18 heteroatoms. The van der Waals surface area contributed by atoms with Gasteiger partial charge in [0.05, 0.1) is 39.3 Å². The molecule has 3 aromatic carbocycles. The van der Waals surface area contributed by atoms with Gasteiger partial charge in [-0.05, 0) is 92.0 Å². The molecule has 1 saturated heterocycles. The summed E-state index contributed by atoms with van der Waals surface area (Å²) in [6.45, 7) is 22.0. The van der Waals surface area contributed by atoms with Gasteiger partial charge in [0, 0.05) is 53.8 Å². The van der Waals surface area contributed by atoms with Gasteiger partial charge in [-0.2, -0.15) is 5.26 Å². The highest BCUT2D eigenvalue weighted by molar-refractivity contribution is 7.13. The molecule has 1 saturated carbocycles. The first-order valence-electron chi connectivity index (χ1n) is 25.8. The average Bonchev–Trinajstić information content (AvgIpc) is 4.00. The van der Waals surface area contributed by atoms with Crippen LogP contribution in [0.25, 0.3) is 10.4 Å². The molecule has 4 aromatic rings. The van der Waals surface area contributed by atoms with Crippen LogP contribution in [0.5, 0.6) is 5.75 Å². The van der Waals surface area contributed by atoms with Crippen LogP contribution in [-0.2, 0) is 28.7 Å².